The number of phenolic OH excluding ortho intramolecular Hbond substituents is 2. The summed E-state index contributed by atoms with van der Waals surface area (Å²) in [6.07, 6.45) is 1.43. The van der Waals surface area contributed by atoms with Gasteiger partial charge in [-0.2, -0.15) is 0 Å². The van der Waals surface area contributed by atoms with Crippen LogP contribution in [0.25, 0.3) is 0 Å². The molecule has 0 amide bonds. The first-order valence-corrected chi connectivity index (χ1v) is 7.88. The standard InChI is InChI=1S/C20H14ClNO3/c21-15-7-9-18(22-12-14-6-8-16(23)11-19(14)24)17(10-15)20(25)13-4-2-1-3-5-13/h1-12,23-24H. The van der Waals surface area contributed by atoms with E-state index in [1.54, 1.807) is 42.5 Å². The summed E-state index contributed by atoms with van der Waals surface area (Å²) in [5.41, 5.74) is 1.76. The number of halogens is 1. The Hall–Kier alpha value is -3.11. The van der Waals surface area contributed by atoms with Gasteiger partial charge in [0.05, 0.1) is 5.69 Å². The summed E-state index contributed by atoms with van der Waals surface area (Å²) in [7, 11) is 0. The predicted molar refractivity (Wildman–Crippen MR) is 98.4 cm³/mol. The van der Waals surface area contributed by atoms with Crippen molar-refractivity contribution in [3.8, 4) is 11.5 Å². The van der Waals surface area contributed by atoms with Gasteiger partial charge in [-0.15, -0.1) is 0 Å². The van der Waals surface area contributed by atoms with Gasteiger partial charge in [0.2, 0.25) is 0 Å². The molecule has 0 fully saturated rings. The van der Waals surface area contributed by atoms with Crippen molar-refractivity contribution in [2.45, 2.75) is 0 Å². The molecule has 0 bridgehead atoms. The van der Waals surface area contributed by atoms with Crippen LogP contribution in [-0.4, -0.2) is 22.2 Å². The lowest BCUT2D eigenvalue weighted by molar-refractivity contribution is 0.103. The van der Waals surface area contributed by atoms with Crippen molar-refractivity contribution >= 4 is 29.3 Å². The van der Waals surface area contributed by atoms with Gasteiger partial charge in [0, 0.05) is 34.0 Å². The van der Waals surface area contributed by atoms with Gasteiger partial charge >= 0.3 is 0 Å². The minimum absolute atomic E-state index is 0.0407. The number of aromatic hydroxyl groups is 2. The van der Waals surface area contributed by atoms with E-state index >= 15 is 0 Å². The number of hydrogen-bond acceptors (Lipinski definition) is 4. The first-order chi connectivity index (χ1) is 12.0. The maximum atomic E-state index is 12.7. The average molecular weight is 352 g/mol. The van der Waals surface area contributed by atoms with E-state index in [1.807, 2.05) is 6.07 Å². The smallest absolute Gasteiger partial charge is 0.195 e. The fourth-order valence-corrected chi connectivity index (χ4v) is 2.50. The molecular weight excluding hydrogens is 338 g/mol. The molecule has 4 nitrogen and oxygen atoms in total. The summed E-state index contributed by atoms with van der Waals surface area (Å²) in [5.74, 6) is -0.333. The van der Waals surface area contributed by atoms with E-state index in [0.29, 0.717) is 27.4 Å². The lowest BCUT2D eigenvalue weighted by Gasteiger charge is -2.06. The minimum Gasteiger partial charge on any atom is -0.508 e. The molecule has 0 aliphatic rings. The number of ketones is 1. The number of benzene rings is 3. The summed E-state index contributed by atoms with van der Waals surface area (Å²) in [6.45, 7) is 0. The summed E-state index contributed by atoms with van der Waals surface area (Å²) in [4.78, 5) is 17.0. The Balaban J connectivity index is 1.99. The fourth-order valence-electron chi connectivity index (χ4n) is 2.33. The van der Waals surface area contributed by atoms with Crippen molar-refractivity contribution < 1.29 is 15.0 Å². The highest BCUT2D eigenvalue weighted by Crippen LogP contribution is 2.27. The van der Waals surface area contributed by atoms with Crippen LogP contribution in [0.1, 0.15) is 21.5 Å². The summed E-state index contributed by atoms with van der Waals surface area (Å²) >= 11 is 6.04. The molecule has 0 saturated carbocycles. The van der Waals surface area contributed by atoms with Crippen molar-refractivity contribution in [3.05, 3.63) is 88.4 Å². The van der Waals surface area contributed by atoms with Crippen molar-refractivity contribution in [1.82, 2.24) is 0 Å². The Morgan fingerprint density at radius 3 is 2.44 bits per heavy atom. The van der Waals surface area contributed by atoms with Gasteiger partial charge < -0.3 is 10.2 Å². The topological polar surface area (TPSA) is 69.9 Å². The zero-order valence-electron chi connectivity index (χ0n) is 13.1. The minimum atomic E-state index is -0.190. The van der Waals surface area contributed by atoms with Gasteiger partial charge in [-0.1, -0.05) is 41.9 Å². The van der Waals surface area contributed by atoms with Crippen molar-refractivity contribution in [2.75, 3.05) is 0 Å². The highest BCUT2D eigenvalue weighted by molar-refractivity contribution is 6.31. The van der Waals surface area contributed by atoms with Crippen molar-refractivity contribution in [2.24, 2.45) is 4.99 Å². The monoisotopic (exact) mass is 351 g/mol. The highest BCUT2D eigenvalue weighted by Gasteiger charge is 2.14. The lowest BCUT2D eigenvalue weighted by Crippen LogP contribution is -2.01. The maximum absolute atomic E-state index is 12.7. The normalized spacial score (nSPS) is 10.9. The first-order valence-electron chi connectivity index (χ1n) is 7.50. The molecule has 3 aromatic rings. The molecule has 0 atom stereocenters. The molecule has 2 N–H and O–H groups in total. The van der Waals surface area contributed by atoms with Crippen LogP contribution in [0, 0.1) is 0 Å². The van der Waals surface area contributed by atoms with Crippen molar-refractivity contribution in [1.29, 1.82) is 0 Å². The van der Waals surface area contributed by atoms with E-state index in [2.05, 4.69) is 4.99 Å². The van der Waals surface area contributed by atoms with Gasteiger partial charge in [-0.25, -0.2) is 0 Å². The Kier molecular flexibility index (Phi) is 4.82. The van der Waals surface area contributed by atoms with Crippen LogP contribution >= 0.6 is 11.6 Å². The maximum Gasteiger partial charge on any atom is 0.195 e. The van der Waals surface area contributed by atoms with Gasteiger partial charge in [-0.3, -0.25) is 9.79 Å². The number of rotatable bonds is 4. The van der Waals surface area contributed by atoms with Crippen LogP contribution in [0.2, 0.25) is 5.02 Å². The second-order valence-corrected chi connectivity index (χ2v) is 5.79. The van der Waals surface area contributed by atoms with Crippen LogP contribution < -0.4 is 0 Å². The molecule has 0 aromatic heterocycles. The number of nitrogens with zero attached hydrogens (tertiary/aromatic N) is 1. The molecule has 0 unspecified atom stereocenters. The fraction of sp³-hybridized carbons (Fsp3) is 0. The van der Waals surface area contributed by atoms with Crippen LogP contribution in [0.3, 0.4) is 0 Å². The summed E-state index contributed by atoms with van der Waals surface area (Å²) < 4.78 is 0. The largest absolute Gasteiger partial charge is 0.508 e. The number of carbonyl (C=O) groups is 1. The molecule has 0 saturated heterocycles. The Morgan fingerprint density at radius 1 is 0.960 bits per heavy atom. The van der Waals surface area contributed by atoms with E-state index < -0.39 is 0 Å². The van der Waals surface area contributed by atoms with E-state index in [1.165, 1.54) is 24.4 Å². The summed E-state index contributed by atoms with van der Waals surface area (Å²) in [6, 6.07) is 17.9. The molecule has 0 heterocycles. The van der Waals surface area contributed by atoms with Crippen LogP contribution in [0.5, 0.6) is 11.5 Å². The third-order valence-electron chi connectivity index (χ3n) is 3.60. The third-order valence-corrected chi connectivity index (χ3v) is 3.83. The highest BCUT2D eigenvalue weighted by atomic mass is 35.5. The Bertz CT molecular complexity index is 952. The average Bonchev–Trinajstić information content (AvgIpc) is 2.62. The summed E-state index contributed by atoms with van der Waals surface area (Å²) in [5, 5.41) is 19.6. The molecule has 0 spiro atoms. The van der Waals surface area contributed by atoms with E-state index in [4.69, 9.17) is 11.6 Å². The molecule has 3 aromatic carbocycles. The molecule has 0 aliphatic carbocycles. The van der Waals surface area contributed by atoms with E-state index in [0.717, 1.165) is 0 Å². The quantitative estimate of drug-likeness (QED) is 0.527. The molecule has 0 radical (unpaired) electrons. The van der Waals surface area contributed by atoms with Gasteiger partial charge in [0.15, 0.2) is 5.78 Å². The first kappa shape index (κ1) is 16.7. The van der Waals surface area contributed by atoms with Gasteiger partial charge in [0.1, 0.15) is 11.5 Å². The van der Waals surface area contributed by atoms with Crippen LogP contribution in [-0.2, 0) is 0 Å². The third kappa shape index (κ3) is 3.87. The Morgan fingerprint density at radius 2 is 1.72 bits per heavy atom. The number of phenols is 2. The molecule has 25 heavy (non-hydrogen) atoms. The second kappa shape index (κ2) is 7.20. The van der Waals surface area contributed by atoms with E-state index in [9.17, 15) is 15.0 Å². The van der Waals surface area contributed by atoms with Crippen LogP contribution in [0.4, 0.5) is 5.69 Å². The molecule has 3 rings (SSSR count). The van der Waals surface area contributed by atoms with Gasteiger partial charge in [-0.05, 0) is 30.3 Å². The molecule has 124 valence electrons. The number of aliphatic imine (C=N–C) groups is 1. The molecule has 0 aliphatic heterocycles. The van der Waals surface area contributed by atoms with Crippen molar-refractivity contribution in [3.63, 3.8) is 0 Å². The molecule has 5 heteroatoms. The lowest BCUT2D eigenvalue weighted by atomic mass is 10.0. The zero-order chi connectivity index (χ0) is 17.8. The number of hydrogen-bond donors (Lipinski definition) is 2. The predicted octanol–water partition coefficient (Wildman–Crippen LogP) is 4.73. The zero-order valence-corrected chi connectivity index (χ0v) is 13.8. The van der Waals surface area contributed by atoms with Gasteiger partial charge in [0.25, 0.3) is 0 Å². The molecular formula is C20H14ClNO3. The van der Waals surface area contributed by atoms with Crippen LogP contribution in [0.15, 0.2) is 71.7 Å². The SMILES string of the molecule is O=C(c1ccccc1)c1cc(Cl)ccc1N=Cc1ccc(O)cc1O. The number of carbonyl (C=O) groups excluding carboxylic acids is 1. The van der Waals surface area contributed by atoms with E-state index in [-0.39, 0.29) is 17.3 Å². The second-order valence-electron chi connectivity index (χ2n) is 5.36. The Labute approximate surface area is 149 Å².